The molecule has 8 heteroatoms. The molecule has 2 saturated heterocycles. The number of rotatable bonds is 7. The molecule has 1 aromatic heterocycles. The van der Waals surface area contributed by atoms with Crippen LogP contribution in [-0.2, 0) is 0 Å². The Hall–Kier alpha value is -1.64. The maximum Gasteiger partial charge on any atom is 0.321 e. The number of piperazine rings is 1. The molecule has 152 valence electrons. The molecule has 3 rings (SSSR count). The number of anilines is 1. The summed E-state index contributed by atoms with van der Waals surface area (Å²) in [6, 6.07) is 2.78. The average molecular weight is 380 g/mol. The van der Waals surface area contributed by atoms with Crippen molar-refractivity contribution < 1.29 is 14.6 Å². The van der Waals surface area contributed by atoms with Gasteiger partial charge in [0.15, 0.2) is 0 Å². The molecule has 2 aliphatic rings. The average Bonchev–Trinajstić information content (AvgIpc) is 2.72. The maximum atomic E-state index is 9.36. The highest BCUT2D eigenvalue weighted by Crippen LogP contribution is 2.31. The Balaban J connectivity index is 1.73. The normalized spacial score (nSPS) is 24.8. The number of hydrogen-bond donors (Lipinski definition) is 1. The van der Waals surface area contributed by atoms with E-state index in [9.17, 15) is 5.11 Å². The van der Waals surface area contributed by atoms with Gasteiger partial charge >= 0.3 is 6.01 Å². The van der Waals surface area contributed by atoms with Crippen LogP contribution in [0.25, 0.3) is 0 Å². The Bertz CT molecular complexity index is 572. The monoisotopic (exact) mass is 379 g/mol. The number of likely N-dealkylation sites (N-methyl/N-ethyl adjacent to an activating group) is 1. The molecule has 1 aromatic rings. The van der Waals surface area contributed by atoms with E-state index in [-0.39, 0.29) is 6.61 Å². The Morgan fingerprint density at radius 3 is 2.56 bits per heavy atom. The van der Waals surface area contributed by atoms with Crippen LogP contribution in [0.2, 0.25) is 0 Å². The Labute approximate surface area is 162 Å². The maximum absolute atomic E-state index is 9.36. The van der Waals surface area contributed by atoms with Gasteiger partial charge in [0.1, 0.15) is 5.82 Å². The van der Waals surface area contributed by atoms with Gasteiger partial charge in [0.05, 0.1) is 14.2 Å². The van der Waals surface area contributed by atoms with Gasteiger partial charge < -0.3 is 24.4 Å². The highest BCUT2D eigenvalue weighted by molar-refractivity contribution is 5.43. The lowest BCUT2D eigenvalue weighted by Gasteiger charge is -2.46. The van der Waals surface area contributed by atoms with E-state index in [4.69, 9.17) is 9.47 Å². The number of piperidine rings is 1. The summed E-state index contributed by atoms with van der Waals surface area (Å²) >= 11 is 0. The lowest BCUT2D eigenvalue weighted by atomic mass is 9.86. The molecule has 0 radical (unpaired) electrons. The van der Waals surface area contributed by atoms with Crippen LogP contribution in [0.15, 0.2) is 6.07 Å². The molecule has 0 unspecified atom stereocenters. The van der Waals surface area contributed by atoms with Crippen LogP contribution in [0.3, 0.4) is 0 Å². The van der Waals surface area contributed by atoms with Gasteiger partial charge in [0.25, 0.3) is 0 Å². The molecule has 2 fully saturated rings. The van der Waals surface area contributed by atoms with Crippen molar-refractivity contribution in [2.24, 2.45) is 5.92 Å². The molecule has 2 atom stereocenters. The third-order valence-electron chi connectivity index (χ3n) is 5.82. The summed E-state index contributed by atoms with van der Waals surface area (Å²) in [5.74, 6) is 1.88. The van der Waals surface area contributed by atoms with Crippen molar-refractivity contribution in [3.63, 3.8) is 0 Å². The molecule has 0 saturated carbocycles. The van der Waals surface area contributed by atoms with Crippen LogP contribution in [0, 0.1) is 5.92 Å². The first-order valence-electron chi connectivity index (χ1n) is 9.90. The summed E-state index contributed by atoms with van der Waals surface area (Å²) in [4.78, 5) is 16.1. The van der Waals surface area contributed by atoms with E-state index in [1.807, 2.05) is 6.07 Å². The van der Waals surface area contributed by atoms with Gasteiger partial charge in [-0.2, -0.15) is 9.97 Å². The van der Waals surface area contributed by atoms with Crippen molar-refractivity contribution in [2.75, 3.05) is 72.0 Å². The van der Waals surface area contributed by atoms with Crippen LogP contribution in [0.4, 0.5) is 5.82 Å². The third kappa shape index (κ3) is 5.00. The minimum Gasteiger partial charge on any atom is -0.481 e. The van der Waals surface area contributed by atoms with E-state index in [0.29, 0.717) is 23.9 Å². The van der Waals surface area contributed by atoms with Gasteiger partial charge in [-0.1, -0.05) is 0 Å². The lowest BCUT2D eigenvalue weighted by Crippen LogP contribution is -2.56. The molecule has 3 heterocycles. The minimum absolute atomic E-state index is 0.251. The summed E-state index contributed by atoms with van der Waals surface area (Å²) in [5, 5.41) is 9.36. The minimum atomic E-state index is 0.251. The second-order valence-electron chi connectivity index (χ2n) is 7.52. The summed E-state index contributed by atoms with van der Waals surface area (Å²) in [7, 11) is 5.37. The molecular formula is C19H33N5O3. The summed E-state index contributed by atoms with van der Waals surface area (Å²) in [6.45, 7) is 6.66. The fourth-order valence-electron chi connectivity index (χ4n) is 4.25. The van der Waals surface area contributed by atoms with E-state index in [1.165, 1.54) is 0 Å². The van der Waals surface area contributed by atoms with E-state index < -0.39 is 0 Å². The van der Waals surface area contributed by atoms with Crippen LogP contribution < -0.4 is 14.4 Å². The number of aliphatic hydroxyl groups is 1. The number of aromatic nitrogens is 2. The van der Waals surface area contributed by atoms with Gasteiger partial charge in [-0.25, -0.2) is 0 Å². The molecule has 8 nitrogen and oxygen atoms in total. The van der Waals surface area contributed by atoms with E-state index in [1.54, 1.807) is 14.2 Å². The van der Waals surface area contributed by atoms with Gasteiger partial charge in [-0.3, -0.25) is 4.90 Å². The van der Waals surface area contributed by atoms with Crippen molar-refractivity contribution in [2.45, 2.75) is 25.3 Å². The molecule has 0 aromatic carbocycles. The third-order valence-corrected chi connectivity index (χ3v) is 5.82. The SMILES string of the molecule is COc1cc(N2CC[C@H](N3CCN(C)CC3)[C@H](CCCO)C2)nc(OC)n1. The predicted octanol–water partition coefficient (Wildman–Crippen LogP) is 0.709. The molecule has 1 N–H and O–H groups in total. The summed E-state index contributed by atoms with van der Waals surface area (Å²) < 4.78 is 10.5. The summed E-state index contributed by atoms with van der Waals surface area (Å²) in [5.41, 5.74) is 0. The first-order chi connectivity index (χ1) is 13.1. The standard InChI is InChI=1S/C19H33N5O3/c1-22-8-10-23(11-9-22)16-6-7-24(14-15(16)5-4-12-25)17-13-18(26-2)21-19(20-17)27-3/h13,15-16,25H,4-12,14H2,1-3H3/t15-,16+/m1/s1. The van der Waals surface area contributed by atoms with E-state index >= 15 is 0 Å². The summed E-state index contributed by atoms with van der Waals surface area (Å²) in [6.07, 6.45) is 2.98. The van der Waals surface area contributed by atoms with Gasteiger partial charge in [-0.05, 0) is 32.2 Å². The first-order valence-corrected chi connectivity index (χ1v) is 9.90. The smallest absolute Gasteiger partial charge is 0.321 e. The van der Waals surface area contributed by atoms with Crippen molar-refractivity contribution in [3.8, 4) is 11.9 Å². The van der Waals surface area contributed by atoms with Gasteiger partial charge in [-0.15, -0.1) is 0 Å². The van der Waals surface area contributed by atoms with Crippen molar-refractivity contribution in [1.82, 2.24) is 19.8 Å². The molecule has 0 amide bonds. The van der Waals surface area contributed by atoms with Crippen LogP contribution >= 0.6 is 0 Å². The number of ether oxygens (including phenoxy) is 2. The van der Waals surface area contributed by atoms with E-state index in [2.05, 4.69) is 31.7 Å². The van der Waals surface area contributed by atoms with Crippen LogP contribution in [0.5, 0.6) is 11.9 Å². The zero-order valence-corrected chi connectivity index (χ0v) is 16.8. The highest BCUT2D eigenvalue weighted by Gasteiger charge is 2.34. The van der Waals surface area contributed by atoms with Crippen molar-refractivity contribution in [1.29, 1.82) is 0 Å². The van der Waals surface area contributed by atoms with Crippen molar-refractivity contribution in [3.05, 3.63) is 6.07 Å². The van der Waals surface area contributed by atoms with Crippen LogP contribution in [0.1, 0.15) is 19.3 Å². The Morgan fingerprint density at radius 1 is 1.11 bits per heavy atom. The molecule has 2 aliphatic heterocycles. The zero-order chi connectivity index (χ0) is 19.2. The second-order valence-corrected chi connectivity index (χ2v) is 7.52. The molecular weight excluding hydrogens is 346 g/mol. The van der Waals surface area contributed by atoms with Crippen LogP contribution in [-0.4, -0.2) is 98.1 Å². The number of hydrogen-bond acceptors (Lipinski definition) is 8. The highest BCUT2D eigenvalue weighted by atomic mass is 16.5. The molecule has 0 aliphatic carbocycles. The molecule has 27 heavy (non-hydrogen) atoms. The molecule has 0 bridgehead atoms. The number of nitrogens with zero attached hydrogens (tertiary/aromatic N) is 5. The first kappa shape index (κ1) is 20.1. The quantitative estimate of drug-likeness (QED) is 0.743. The number of methoxy groups -OCH3 is 2. The zero-order valence-electron chi connectivity index (χ0n) is 16.8. The predicted molar refractivity (Wildman–Crippen MR) is 105 cm³/mol. The lowest BCUT2D eigenvalue weighted by molar-refractivity contribution is 0.0637. The topological polar surface area (TPSA) is 74.2 Å². The largest absolute Gasteiger partial charge is 0.481 e. The molecule has 0 spiro atoms. The Kier molecular flexibility index (Phi) is 7.09. The number of aliphatic hydroxyl groups excluding tert-OH is 1. The van der Waals surface area contributed by atoms with Gasteiger partial charge in [0, 0.05) is 58.0 Å². The fourth-order valence-corrected chi connectivity index (χ4v) is 4.25. The second kappa shape index (κ2) is 9.52. The van der Waals surface area contributed by atoms with Gasteiger partial charge in [0.2, 0.25) is 5.88 Å². The van der Waals surface area contributed by atoms with Crippen molar-refractivity contribution >= 4 is 5.82 Å². The van der Waals surface area contributed by atoms with E-state index in [0.717, 1.165) is 64.3 Å². The fraction of sp³-hybridized carbons (Fsp3) is 0.789. The Morgan fingerprint density at radius 2 is 1.89 bits per heavy atom.